The first-order valence-corrected chi connectivity index (χ1v) is 10.5. The molecule has 3 aromatic rings. The highest BCUT2D eigenvalue weighted by Crippen LogP contribution is 2.33. The lowest BCUT2D eigenvalue weighted by atomic mass is 9.89. The van der Waals surface area contributed by atoms with E-state index in [-0.39, 0.29) is 5.91 Å². The van der Waals surface area contributed by atoms with Crippen LogP contribution < -0.4 is 0 Å². The van der Waals surface area contributed by atoms with Crippen LogP contribution in [0.25, 0.3) is 10.9 Å². The number of nitrogens with one attached hydrogen (secondary N) is 1. The Balaban J connectivity index is 1.44. The molecule has 0 aliphatic carbocycles. The minimum Gasteiger partial charge on any atom is -0.361 e. The fourth-order valence-corrected chi connectivity index (χ4v) is 4.32. The molecular weight excluding hydrogens is 344 g/mol. The smallest absolute Gasteiger partial charge is 0.253 e. The molecule has 4 rings (SSSR count). The summed E-state index contributed by atoms with van der Waals surface area (Å²) in [6.45, 7) is 1.54. The molecule has 0 radical (unpaired) electrons. The summed E-state index contributed by atoms with van der Waals surface area (Å²) >= 11 is 0. The van der Waals surface area contributed by atoms with E-state index >= 15 is 0 Å². The van der Waals surface area contributed by atoms with Gasteiger partial charge in [-0.25, -0.2) is 0 Å². The van der Waals surface area contributed by atoms with E-state index in [2.05, 4.69) is 29.4 Å². The number of hydrogen-bond acceptors (Lipinski definition) is 2. The van der Waals surface area contributed by atoms with E-state index in [4.69, 9.17) is 0 Å². The maximum atomic E-state index is 12.7. The highest BCUT2D eigenvalue weighted by molar-refractivity contribution is 7.84. The number of benzene rings is 2. The second-order valence-electron chi connectivity index (χ2n) is 6.83. The van der Waals surface area contributed by atoms with Crippen LogP contribution in [0.15, 0.2) is 59.6 Å². The van der Waals surface area contributed by atoms with Gasteiger partial charge in [0.15, 0.2) is 0 Å². The van der Waals surface area contributed by atoms with Crippen LogP contribution in [0.3, 0.4) is 0 Å². The van der Waals surface area contributed by atoms with E-state index in [0.717, 1.165) is 30.8 Å². The van der Waals surface area contributed by atoms with Crippen molar-refractivity contribution in [2.24, 2.45) is 0 Å². The van der Waals surface area contributed by atoms with Gasteiger partial charge >= 0.3 is 0 Å². The zero-order valence-corrected chi connectivity index (χ0v) is 15.6. The number of carbonyl (C=O) groups is 1. The van der Waals surface area contributed by atoms with Crippen molar-refractivity contribution in [2.45, 2.75) is 23.7 Å². The first kappa shape index (κ1) is 17.0. The molecule has 1 fully saturated rings. The van der Waals surface area contributed by atoms with Crippen LogP contribution in [0.5, 0.6) is 0 Å². The van der Waals surface area contributed by atoms with E-state index in [0.29, 0.717) is 11.5 Å². The molecule has 26 heavy (non-hydrogen) atoms. The molecule has 1 atom stereocenters. The van der Waals surface area contributed by atoms with Gasteiger partial charge in [-0.1, -0.05) is 18.2 Å². The van der Waals surface area contributed by atoms with Gasteiger partial charge in [-0.05, 0) is 54.7 Å². The number of hydrogen-bond donors (Lipinski definition) is 1. The van der Waals surface area contributed by atoms with Crippen LogP contribution in [0, 0.1) is 0 Å². The van der Waals surface area contributed by atoms with Crippen molar-refractivity contribution in [2.75, 3.05) is 19.3 Å². The Labute approximate surface area is 155 Å². The number of fused-ring (bicyclic) bond motifs is 1. The lowest BCUT2D eigenvalue weighted by Gasteiger charge is -2.32. The summed E-state index contributed by atoms with van der Waals surface area (Å²) in [7, 11) is -1.02. The lowest BCUT2D eigenvalue weighted by molar-refractivity contribution is 0.0713. The van der Waals surface area contributed by atoms with Crippen molar-refractivity contribution in [3.63, 3.8) is 0 Å². The number of piperidine rings is 1. The maximum Gasteiger partial charge on any atom is 0.253 e. The monoisotopic (exact) mass is 366 g/mol. The quantitative estimate of drug-likeness (QED) is 0.764. The molecule has 5 heteroatoms. The molecule has 1 saturated heterocycles. The molecule has 4 nitrogen and oxygen atoms in total. The highest BCUT2D eigenvalue weighted by Gasteiger charge is 2.26. The summed E-state index contributed by atoms with van der Waals surface area (Å²) in [6.07, 6.45) is 5.72. The van der Waals surface area contributed by atoms with Crippen molar-refractivity contribution in [3.8, 4) is 0 Å². The normalized spacial score (nSPS) is 16.7. The SMILES string of the molecule is C[S@@](=O)c1ccc(C(=O)N2CCC(c3c[nH]c4ccccc34)CC2)cc1. The van der Waals surface area contributed by atoms with E-state index in [1.54, 1.807) is 30.5 Å². The zero-order valence-electron chi connectivity index (χ0n) is 14.8. The number of aromatic amines is 1. The van der Waals surface area contributed by atoms with E-state index < -0.39 is 10.8 Å². The van der Waals surface area contributed by atoms with E-state index in [9.17, 15) is 9.00 Å². The van der Waals surface area contributed by atoms with Gasteiger partial charge in [-0.3, -0.25) is 9.00 Å². The number of H-pyrrole nitrogens is 1. The highest BCUT2D eigenvalue weighted by atomic mass is 32.2. The third kappa shape index (κ3) is 3.19. The summed E-state index contributed by atoms with van der Waals surface area (Å²) in [4.78, 5) is 18.8. The van der Waals surface area contributed by atoms with Crippen LogP contribution in [-0.4, -0.2) is 39.3 Å². The molecule has 0 unspecified atom stereocenters. The van der Waals surface area contributed by atoms with Crippen molar-refractivity contribution in [1.82, 2.24) is 9.88 Å². The third-order valence-corrected chi connectivity index (χ3v) is 6.21. The van der Waals surface area contributed by atoms with Gasteiger partial charge in [-0.15, -0.1) is 0 Å². The van der Waals surface area contributed by atoms with E-state index in [1.807, 2.05) is 11.0 Å². The summed E-state index contributed by atoms with van der Waals surface area (Å²) < 4.78 is 11.5. The first-order valence-electron chi connectivity index (χ1n) is 8.92. The molecule has 0 spiro atoms. The lowest BCUT2D eigenvalue weighted by Crippen LogP contribution is -2.37. The van der Waals surface area contributed by atoms with Gasteiger partial charge in [-0.2, -0.15) is 0 Å². The van der Waals surface area contributed by atoms with Crippen LogP contribution in [-0.2, 0) is 10.8 Å². The van der Waals surface area contributed by atoms with Crippen LogP contribution >= 0.6 is 0 Å². The molecule has 2 heterocycles. The molecule has 1 amide bonds. The minimum atomic E-state index is -1.02. The molecule has 1 aliphatic rings. The van der Waals surface area contributed by atoms with Crippen LogP contribution in [0.1, 0.15) is 34.7 Å². The van der Waals surface area contributed by atoms with Crippen LogP contribution in [0.4, 0.5) is 0 Å². The van der Waals surface area contributed by atoms with Crippen LogP contribution in [0.2, 0.25) is 0 Å². The fraction of sp³-hybridized carbons (Fsp3) is 0.286. The number of likely N-dealkylation sites (tertiary alicyclic amines) is 1. The van der Waals surface area contributed by atoms with Gasteiger partial charge in [0.2, 0.25) is 0 Å². The first-order chi connectivity index (χ1) is 12.6. The molecule has 0 bridgehead atoms. The number of para-hydroxylation sites is 1. The number of carbonyl (C=O) groups excluding carboxylic acids is 1. The summed E-state index contributed by atoms with van der Waals surface area (Å²) in [5, 5.41) is 1.29. The molecule has 134 valence electrons. The topological polar surface area (TPSA) is 53.2 Å². The number of amides is 1. The predicted octanol–water partition coefficient (Wildman–Crippen LogP) is 3.93. The molecule has 1 aromatic heterocycles. The van der Waals surface area contributed by atoms with Crippen molar-refractivity contribution in [3.05, 3.63) is 65.9 Å². The summed E-state index contributed by atoms with van der Waals surface area (Å²) in [5.74, 6) is 0.552. The Kier molecular flexibility index (Phi) is 4.64. The Bertz CT molecular complexity index is 954. The average Bonchev–Trinajstić information content (AvgIpc) is 3.12. The second kappa shape index (κ2) is 7.08. The second-order valence-corrected chi connectivity index (χ2v) is 8.21. The van der Waals surface area contributed by atoms with Gasteiger partial charge < -0.3 is 9.88 Å². The molecular formula is C21H22N2O2S. The standard InChI is InChI=1S/C21H22N2O2S/c1-26(25)17-8-6-16(7-9-17)21(24)23-12-10-15(11-13-23)19-14-22-20-5-3-2-4-18(19)20/h2-9,14-15,22H,10-13H2,1H3/t26-/m1/s1. The van der Waals surface area contributed by atoms with Gasteiger partial charge in [0.1, 0.15) is 0 Å². The summed E-state index contributed by atoms with van der Waals surface area (Å²) in [5.41, 5.74) is 3.21. The molecule has 2 aromatic carbocycles. The molecule has 0 saturated carbocycles. The average molecular weight is 366 g/mol. The Morgan fingerprint density at radius 3 is 2.46 bits per heavy atom. The number of aromatic nitrogens is 1. The van der Waals surface area contributed by atoms with Crippen molar-refractivity contribution < 1.29 is 9.00 Å². The fourth-order valence-electron chi connectivity index (χ4n) is 3.80. The third-order valence-electron chi connectivity index (χ3n) is 5.28. The maximum absolute atomic E-state index is 12.7. The van der Waals surface area contributed by atoms with Gasteiger partial charge in [0.05, 0.1) is 0 Å². The van der Waals surface area contributed by atoms with Gasteiger partial charge in [0.25, 0.3) is 5.91 Å². The Hall–Kier alpha value is -2.40. The van der Waals surface area contributed by atoms with Gasteiger partial charge in [0, 0.05) is 57.7 Å². The van der Waals surface area contributed by atoms with Crippen molar-refractivity contribution in [1.29, 1.82) is 0 Å². The Morgan fingerprint density at radius 2 is 1.77 bits per heavy atom. The largest absolute Gasteiger partial charge is 0.361 e. The number of rotatable bonds is 3. The van der Waals surface area contributed by atoms with E-state index in [1.165, 1.54) is 16.5 Å². The molecule has 1 N–H and O–H groups in total. The number of nitrogens with zero attached hydrogens (tertiary/aromatic N) is 1. The summed E-state index contributed by atoms with van der Waals surface area (Å²) in [6, 6.07) is 15.5. The zero-order chi connectivity index (χ0) is 18.1. The minimum absolute atomic E-state index is 0.0656. The predicted molar refractivity (Wildman–Crippen MR) is 105 cm³/mol. The Morgan fingerprint density at radius 1 is 1.08 bits per heavy atom. The molecule has 1 aliphatic heterocycles. The van der Waals surface area contributed by atoms with Crippen molar-refractivity contribution >= 4 is 27.6 Å².